The van der Waals surface area contributed by atoms with Gasteiger partial charge in [0.15, 0.2) is 17.5 Å². The summed E-state index contributed by atoms with van der Waals surface area (Å²) in [7, 11) is 0. The minimum Gasteiger partial charge on any atom is -0.491 e. The maximum atomic E-state index is 10.2. The van der Waals surface area contributed by atoms with Gasteiger partial charge in [-0.15, -0.1) is 24.0 Å². The Bertz CT molecular complexity index is 832. The molecule has 0 aliphatic carbocycles. The lowest BCUT2D eigenvalue weighted by atomic mass is 10.2. The molecule has 0 spiro atoms. The van der Waals surface area contributed by atoms with Gasteiger partial charge in [-0.2, -0.15) is 0 Å². The Morgan fingerprint density at radius 2 is 1.97 bits per heavy atom. The van der Waals surface area contributed by atoms with Crippen LogP contribution in [0.25, 0.3) is 0 Å². The summed E-state index contributed by atoms with van der Waals surface area (Å²) in [5.74, 6) is 2.79. The number of benzene rings is 2. The van der Waals surface area contributed by atoms with Crippen LogP contribution in [-0.4, -0.2) is 50.1 Å². The van der Waals surface area contributed by atoms with Crippen LogP contribution in [0, 0.1) is 6.92 Å². The Labute approximate surface area is 194 Å². The van der Waals surface area contributed by atoms with Gasteiger partial charge in [0.1, 0.15) is 18.5 Å². The Morgan fingerprint density at radius 3 is 2.73 bits per heavy atom. The number of nitrogens with zero attached hydrogens (tertiary/aromatic N) is 1. The quantitative estimate of drug-likeness (QED) is 0.290. The fourth-order valence-electron chi connectivity index (χ4n) is 2.83. The molecule has 30 heavy (non-hydrogen) atoms. The van der Waals surface area contributed by atoms with E-state index in [1.165, 1.54) is 0 Å². The van der Waals surface area contributed by atoms with Crippen LogP contribution in [0.15, 0.2) is 47.5 Å². The van der Waals surface area contributed by atoms with Crippen LogP contribution in [0.4, 0.5) is 5.69 Å². The lowest BCUT2D eigenvalue weighted by Crippen LogP contribution is -2.32. The zero-order valence-corrected chi connectivity index (χ0v) is 19.7. The highest BCUT2D eigenvalue weighted by atomic mass is 127. The van der Waals surface area contributed by atoms with E-state index in [2.05, 4.69) is 15.6 Å². The van der Waals surface area contributed by atoms with Crippen LogP contribution in [0.3, 0.4) is 0 Å². The van der Waals surface area contributed by atoms with Gasteiger partial charge in [0.25, 0.3) is 0 Å². The van der Waals surface area contributed by atoms with Gasteiger partial charge >= 0.3 is 0 Å². The number of fused-ring (bicyclic) bond motifs is 1. The van der Waals surface area contributed by atoms with Crippen LogP contribution < -0.4 is 24.8 Å². The van der Waals surface area contributed by atoms with E-state index >= 15 is 0 Å². The SMILES string of the molecule is CCNC(=NCC(O)COc1cccc(C)c1)Nc1ccc2c(c1)OCCCO2.I. The molecule has 0 radical (unpaired) electrons. The van der Waals surface area contributed by atoms with Gasteiger partial charge < -0.3 is 30.0 Å². The summed E-state index contributed by atoms with van der Waals surface area (Å²) in [5, 5.41) is 16.6. The van der Waals surface area contributed by atoms with Crippen molar-refractivity contribution in [1.29, 1.82) is 0 Å². The average molecular weight is 527 g/mol. The minimum atomic E-state index is -0.713. The lowest BCUT2D eigenvalue weighted by Gasteiger charge is -2.15. The smallest absolute Gasteiger partial charge is 0.195 e. The standard InChI is InChI=1S/C22H29N3O4.HI/c1-3-23-22(24-14-18(26)15-29-19-7-4-6-16(2)12-19)25-17-8-9-20-21(13-17)28-11-5-10-27-20;/h4,6-9,12-13,18,26H,3,5,10-11,14-15H2,1-2H3,(H2,23,24,25);1H. The Hall–Kier alpha value is -2.20. The molecule has 1 heterocycles. The molecule has 164 valence electrons. The highest BCUT2D eigenvalue weighted by Crippen LogP contribution is 2.32. The molecule has 0 saturated heterocycles. The van der Waals surface area contributed by atoms with Gasteiger partial charge in [-0.1, -0.05) is 12.1 Å². The van der Waals surface area contributed by atoms with E-state index in [0.29, 0.717) is 25.7 Å². The van der Waals surface area contributed by atoms with Gasteiger partial charge in [-0.05, 0) is 43.7 Å². The normalized spacial score (nSPS) is 14.2. The number of ether oxygens (including phenoxy) is 3. The Morgan fingerprint density at radius 1 is 1.17 bits per heavy atom. The first kappa shape index (κ1) is 24.1. The van der Waals surface area contributed by atoms with E-state index in [1.807, 2.05) is 56.3 Å². The van der Waals surface area contributed by atoms with E-state index in [9.17, 15) is 5.11 Å². The van der Waals surface area contributed by atoms with E-state index in [0.717, 1.165) is 34.9 Å². The van der Waals surface area contributed by atoms with E-state index in [4.69, 9.17) is 14.2 Å². The van der Waals surface area contributed by atoms with Crippen LogP contribution in [0.1, 0.15) is 18.9 Å². The highest BCUT2D eigenvalue weighted by molar-refractivity contribution is 14.0. The second kappa shape index (κ2) is 12.5. The topological polar surface area (TPSA) is 84.3 Å². The van der Waals surface area contributed by atoms with Crippen LogP contribution in [-0.2, 0) is 0 Å². The number of aryl methyl sites for hydroxylation is 1. The number of hydrogen-bond acceptors (Lipinski definition) is 5. The third-order valence-corrected chi connectivity index (χ3v) is 4.25. The van der Waals surface area contributed by atoms with Crippen molar-refractivity contribution < 1.29 is 19.3 Å². The third kappa shape index (κ3) is 7.56. The molecular formula is C22H30IN3O4. The highest BCUT2D eigenvalue weighted by Gasteiger charge is 2.12. The van der Waals surface area contributed by atoms with Crippen molar-refractivity contribution >= 4 is 35.6 Å². The third-order valence-electron chi connectivity index (χ3n) is 4.25. The molecule has 1 unspecified atom stereocenters. The number of halogens is 1. The maximum Gasteiger partial charge on any atom is 0.195 e. The second-order valence-electron chi connectivity index (χ2n) is 6.84. The number of aliphatic imine (C=N–C) groups is 1. The molecule has 7 nitrogen and oxygen atoms in total. The van der Waals surface area contributed by atoms with Crippen LogP contribution in [0.5, 0.6) is 17.2 Å². The molecule has 1 aliphatic rings. The van der Waals surface area contributed by atoms with Gasteiger partial charge in [-0.3, -0.25) is 4.99 Å². The predicted octanol–water partition coefficient (Wildman–Crippen LogP) is 3.59. The van der Waals surface area contributed by atoms with Gasteiger partial charge in [-0.25, -0.2) is 0 Å². The first-order valence-corrected chi connectivity index (χ1v) is 9.96. The summed E-state index contributed by atoms with van der Waals surface area (Å²) < 4.78 is 17.0. The second-order valence-corrected chi connectivity index (χ2v) is 6.84. The summed E-state index contributed by atoms with van der Waals surface area (Å²) in [6, 6.07) is 13.4. The number of nitrogens with one attached hydrogen (secondary N) is 2. The van der Waals surface area contributed by atoms with Crippen molar-refractivity contribution in [3.8, 4) is 17.2 Å². The number of anilines is 1. The van der Waals surface area contributed by atoms with E-state index in [1.54, 1.807) is 0 Å². The van der Waals surface area contributed by atoms with Crippen molar-refractivity contribution in [3.63, 3.8) is 0 Å². The Balaban J connectivity index is 0.00000320. The lowest BCUT2D eigenvalue weighted by molar-refractivity contribution is 0.114. The molecular weight excluding hydrogens is 497 g/mol. The summed E-state index contributed by atoms with van der Waals surface area (Å²) in [4.78, 5) is 4.46. The van der Waals surface area contributed by atoms with Gasteiger partial charge in [0.2, 0.25) is 0 Å². The van der Waals surface area contributed by atoms with E-state index < -0.39 is 6.10 Å². The summed E-state index contributed by atoms with van der Waals surface area (Å²) >= 11 is 0. The summed E-state index contributed by atoms with van der Waals surface area (Å²) in [6.07, 6.45) is 0.152. The van der Waals surface area contributed by atoms with E-state index in [-0.39, 0.29) is 37.1 Å². The maximum absolute atomic E-state index is 10.2. The number of hydrogen-bond donors (Lipinski definition) is 3. The fourth-order valence-corrected chi connectivity index (χ4v) is 2.83. The first-order chi connectivity index (χ1) is 14.1. The molecule has 0 aromatic heterocycles. The molecule has 1 atom stereocenters. The molecule has 0 bridgehead atoms. The molecule has 2 aromatic rings. The summed E-state index contributed by atoms with van der Waals surface area (Å²) in [5.41, 5.74) is 1.95. The molecule has 0 amide bonds. The zero-order chi connectivity index (χ0) is 20.5. The molecule has 2 aromatic carbocycles. The van der Waals surface area contributed by atoms with Crippen molar-refractivity contribution in [3.05, 3.63) is 48.0 Å². The first-order valence-electron chi connectivity index (χ1n) is 9.96. The van der Waals surface area contributed by atoms with Crippen LogP contribution >= 0.6 is 24.0 Å². The number of aliphatic hydroxyl groups excluding tert-OH is 1. The average Bonchev–Trinajstić information content (AvgIpc) is 2.96. The van der Waals surface area contributed by atoms with Crippen molar-refractivity contribution in [2.24, 2.45) is 4.99 Å². The number of aliphatic hydroxyl groups is 1. The molecule has 0 fully saturated rings. The van der Waals surface area contributed by atoms with Crippen molar-refractivity contribution in [2.75, 3.05) is 38.2 Å². The number of guanidine groups is 1. The largest absolute Gasteiger partial charge is 0.491 e. The number of rotatable bonds is 7. The van der Waals surface area contributed by atoms with Crippen molar-refractivity contribution in [2.45, 2.75) is 26.4 Å². The summed E-state index contributed by atoms with van der Waals surface area (Å²) in [6.45, 7) is 6.38. The molecule has 3 N–H and O–H groups in total. The van der Waals surface area contributed by atoms with Gasteiger partial charge in [0, 0.05) is 24.7 Å². The minimum absolute atomic E-state index is 0. The molecule has 1 aliphatic heterocycles. The zero-order valence-electron chi connectivity index (χ0n) is 17.4. The predicted molar refractivity (Wildman–Crippen MR) is 130 cm³/mol. The molecule has 8 heteroatoms. The fraction of sp³-hybridized carbons (Fsp3) is 0.409. The molecule has 3 rings (SSSR count). The Kier molecular flexibility index (Phi) is 10.0. The van der Waals surface area contributed by atoms with Gasteiger partial charge in [0.05, 0.1) is 19.8 Å². The van der Waals surface area contributed by atoms with Crippen molar-refractivity contribution in [1.82, 2.24) is 5.32 Å². The van der Waals surface area contributed by atoms with Crippen LogP contribution in [0.2, 0.25) is 0 Å². The molecule has 0 saturated carbocycles. The monoisotopic (exact) mass is 527 g/mol.